The number of nitrogens with zero attached hydrogens (tertiary/aromatic N) is 2. The molecule has 0 atom stereocenters. The van der Waals surface area contributed by atoms with Gasteiger partial charge in [-0.3, -0.25) is 9.20 Å². The van der Waals surface area contributed by atoms with E-state index in [1.165, 1.54) is 11.6 Å². The third-order valence-corrected chi connectivity index (χ3v) is 4.27. The quantitative estimate of drug-likeness (QED) is 0.514. The van der Waals surface area contributed by atoms with Gasteiger partial charge in [-0.2, -0.15) is 0 Å². The van der Waals surface area contributed by atoms with Gasteiger partial charge in [-0.1, -0.05) is 44.2 Å². The molecule has 0 radical (unpaired) electrons. The number of hydrogen-bond acceptors (Lipinski definition) is 4. The fourth-order valence-corrected chi connectivity index (χ4v) is 2.78. The van der Waals surface area contributed by atoms with Gasteiger partial charge in [-0.25, -0.2) is 9.78 Å². The number of rotatable bonds is 6. The number of amides is 1. The summed E-state index contributed by atoms with van der Waals surface area (Å²) in [6.07, 6.45) is 4.89. The second-order valence-electron chi connectivity index (χ2n) is 6.60. The minimum atomic E-state index is -0.574. The Kier molecular flexibility index (Phi) is 5.89. The van der Waals surface area contributed by atoms with Crippen LogP contribution in [-0.4, -0.2) is 27.9 Å². The topological polar surface area (TPSA) is 72.7 Å². The highest BCUT2D eigenvalue weighted by Gasteiger charge is 2.21. The molecule has 0 saturated heterocycles. The zero-order valence-corrected chi connectivity index (χ0v) is 16.2. The number of carbonyl (C=O) groups is 2. The van der Waals surface area contributed by atoms with Gasteiger partial charge in [-0.05, 0) is 42.2 Å². The van der Waals surface area contributed by atoms with Gasteiger partial charge in [0.15, 0.2) is 11.5 Å². The van der Waals surface area contributed by atoms with Crippen molar-refractivity contribution >= 4 is 29.4 Å². The van der Waals surface area contributed by atoms with Gasteiger partial charge < -0.3 is 10.1 Å². The van der Waals surface area contributed by atoms with Crippen molar-refractivity contribution < 1.29 is 14.3 Å². The third-order valence-electron chi connectivity index (χ3n) is 4.27. The number of esters is 1. The Balaban J connectivity index is 1.82. The molecule has 6 nitrogen and oxygen atoms in total. The second-order valence-corrected chi connectivity index (χ2v) is 6.60. The standard InChI is InChI=1S/C22H23N3O3/c1-4-28-22(27)20-21(25-14-6-5-7-18(25)23-20)24-19(26)13-10-16-8-11-17(12-9-16)15(2)3/h5-15H,4H2,1-3H3,(H,24,26)/b13-10+. The van der Waals surface area contributed by atoms with Gasteiger partial charge in [-0.15, -0.1) is 0 Å². The minimum Gasteiger partial charge on any atom is -0.461 e. The highest BCUT2D eigenvalue weighted by Crippen LogP contribution is 2.20. The fraction of sp³-hybridized carbons (Fsp3) is 0.227. The summed E-state index contributed by atoms with van der Waals surface area (Å²) in [5.41, 5.74) is 2.79. The number of anilines is 1. The number of pyridine rings is 1. The van der Waals surface area contributed by atoms with Gasteiger partial charge >= 0.3 is 5.97 Å². The van der Waals surface area contributed by atoms with Crippen LogP contribution in [0.2, 0.25) is 0 Å². The number of nitrogens with one attached hydrogen (secondary N) is 1. The van der Waals surface area contributed by atoms with E-state index < -0.39 is 5.97 Å². The van der Waals surface area contributed by atoms with E-state index in [9.17, 15) is 9.59 Å². The van der Waals surface area contributed by atoms with Crippen molar-refractivity contribution in [3.05, 3.63) is 71.6 Å². The smallest absolute Gasteiger partial charge is 0.360 e. The molecule has 1 N–H and O–H groups in total. The molecule has 0 fully saturated rings. The fourth-order valence-electron chi connectivity index (χ4n) is 2.78. The average molecular weight is 377 g/mol. The molecule has 3 rings (SSSR count). The van der Waals surface area contributed by atoms with Crippen LogP contribution in [0.25, 0.3) is 11.7 Å². The van der Waals surface area contributed by atoms with Gasteiger partial charge in [0.1, 0.15) is 5.65 Å². The number of ether oxygens (including phenoxy) is 1. The molecule has 1 aromatic carbocycles. The van der Waals surface area contributed by atoms with Crippen LogP contribution in [0.4, 0.5) is 5.82 Å². The van der Waals surface area contributed by atoms with Gasteiger partial charge in [0.25, 0.3) is 0 Å². The maximum absolute atomic E-state index is 12.4. The molecule has 3 aromatic rings. The summed E-state index contributed by atoms with van der Waals surface area (Å²) >= 11 is 0. The molecule has 0 unspecified atom stereocenters. The predicted molar refractivity (Wildman–Crippen MR) is 109 cm³/mol. The van der Waals surface area contributed by atoms with E-state index in [1.54, 1.807) is 35.7 Å². The first-order valence-corrected chi connectivity index (χ1v) is 9.22. The molecule has 0 aliphatic rings. The van der Waals surface area contributed by atoms with Crippen molar-refractivity contribution in [2.45, 2.75) is 26.7 Å². The summed E-state index contributed by atoms with van der Waals surface area (Å²) < 4.78 is 6.70. The van der Waals surface area contributed by atoms with E-state index >= 15 is 0 Å². The van der Waals surface area contributed by atoms with E-state index in [1.807, 2.05) is 30.3 Å². The zero-order valence-electron chi connectivity index (χ0n) is 16.2. The van der Waals surface area contributed by atoms with Gasteiger partial charge in [0.2, 0.25) is 5.91 Å². The molecule has 2 aromatic heterocycles. The molecular formula is C22H23N3O3. The van der Waals surface area contributed by atoms with Crippen molar-refractivity contribution in [2.24, 2.45) is 0 Å². The molecule has 2 heterocycles. The first kappa shape index (κ1) is 19.4. The molecule has 6 heteroatoms. The molecule has 0 aliphatic carbocycles. The number of imidazole rings is 1. The Morgan fingerprint density at radius 1 is 1.18 bits per heavy atom. The van der Waals surface area contributed by atoms with Crippen LogP contribution >= 0.6 is 0 Å². The summed E-state index contributed by atoms with van der Waals surface area (Å²) in [5, 5.41) is 2.75. The average Bonchev–Trinajstić information content (AvgIpc) is 3.05. The van der Waals surface area contributed by atoms with Crippen LogP contribution in [0, 0.1) is 0 Å². The van der Waals surface area contributed by atoms with Crippen molar-refractivity contribution in [2.75, 3.05) is 11.9 Å². The van der Waals surface area contributed by atoms with Crippen molar-refractivity contribution in [3.63, 3.8) is 0 Å². The monoisotopic (exact) mass is 377 g/mol. The summed E-state index contributed by atoms with van der Waals surface area (Å²) in [5.74, 6) is -0.185. The lowest BCUT2D eigenvalue weighted by atomic mass is 10.0. The van der Waals surface area contributed by atoms with Crippen LogP contribution in [0.5, 0.6) is 0 Å². The van der Waals surface area contributed by atoms with E-state index in [-0.39, 0.29) is 18.2 Å². The predicted octanol–water partition coefficient (Wildman–Crippen LogP) is 4.29. The number of hydrogen-bond donors (Lipinski definition) is 1. The third kappa shape index (κ3) is 4.28. The van der Waals surface area contributed by atoms with Crippen LogP contribution in [0.3, 0.4) is 0 Å². The highest BCUT2D eigenvalue weighted by atomic mass is 16.5. The number of carbonyl (C=O) groups excluding carboxylic acids is 2. The number of aromatic nitrogens is 2. The summed E-state index contributed by atoms with van der Waals surface area (Å²) in [6, 6.07) is 13.4. The molecule has 0 saturated carbocycles. The maximum atomic E-state index is 12.4. The minimum absolute atomic E-state index is 0.0797. The van der Waals surface area contributed by atoms with Crippen LogP contribution in [0.15, 0.2) is 54.7 Å². The molecule has 28 heavy (non-hydrogen) atoms. The summed E-state index contributed by atoms with van der Waals surface area (Å²) in [6.45, 7) is 6.22. The largest absolute Gasteiger partial charge is 0.461 e. The van der Waals surface area contributed by atoms with E-state index in [2.05, 4.69) is 24.1 Å². The van der Waals surface area contributed by atoms with E-state index in [4.69, 9.17) is 4.74 Å². The zero-order chi connectivity index (χ0) is 20.1. The second kappa shape index (κ2) is 8.52. The van der Waals surface area contributed by atoms with Gasteiger partial charge in [0.05, 0.1) is 6.61 Å². The number of fused-ring (bicyclic) bond motifs is 1. The lowest BCUT2D eigenvalue weighted by molar-refractivity contribution is -0.111. The van der Waals surface area contributed by atoms with Crippen molar-refractivity contribution in [1.29, 1.82) is 0 Å². The van der Waals surface area contributed by atoms with Crippen LogP contribution < -0.4 is 5.32 Å². The van der Waals surface area contributed by atoms with Gasteiger partial charge in [0, 0.05) is 12.3 Å². The first-order valence-electron chi connectivity index (χ1n) is 9.22. The Bertz CT molecular complexity index is 1020. The Labute approximate surface area is 163 Å². The molecular weight excluding hydrogens is 354 g/mol. The molecule has 0 bridgehead atoms. The van der Waals surface area contributed by atoms with Crippen molar-refractivity contribution in [1.82, 2.24) is 9.38 Å². The number of benzene rings is 1. The Morgan fingerprint density at radius 3 is 2.61 bits per heavy atom. The lowest BCUT2D eigenvalue weighted by Crippen LogP contribution is -2.14. The van der Waals surface area contributed by atoms with E-state index in [0.717, 1.165) is 5.56 Å². The Morgan fingerprint density at radius 2 is 1.93 bits per heavy atom. The highest BCUT2D eigenvalue weighted by molar-refractivity contribution is 6.05. The SMILES string of the molecule is CCOC(=O)c1nc2ccccn2c1NC(=O)/C=C/c1ccc(C(C)C)cc1. The van der Waals surface area contributed by atoms with E-state index in [0.29, 0.717) is 17.4 Å². The summed E-state index contributed by atoms with van der Waals surface area (Å²) in [7, 11) is 0. The normalized spacial score (nSPS) is 11.3. The van der Waals surface area contributed by atoms with Crippen molar-refractivity contribution in [3.8, 4) is 0 Å². The summed E-state index contributed by atoms with van der Waals surface area (Å²) in [4.78, 5) is 28.9. The first-order chi connectivity index (χ1) is 13.5. The Hall–Kier alpha value is -3.41. The lowest BCUT2D eigenvalue weighted by Gasteiger charge is -2.06. The molecule has 0 aliphatic heterocycles. The van der Waals surface area contributed by atoms with Crippen LogP contribution in [0.1, 0.15) is 48.3 Å². The molecule has 0 spiro atoms. The maximum Gasteiger partial charge on any atom is 0.360 e. The molecule has 1 amide bonds. The van der Waals surface area contributed by atoms with Crippen LogP contribution in [-0.2, 0) is 9.53 Å². The molecule has 144 valence electrons.